The summed E-state index contributed by atoms with van der Waals surface area (Å²) in [5.74, 6) is -2.45. The first kappa shape index (κ1) is 23.3. The van der Waals surface area contributed by atoms with Gasteiger partial charge in [-0.1, -0.05) is 24.8 Å². The van der Waals surface area contributed by atoms with Crippen LogP contribution >= 0.6 is 11.8 Å². The highest BCUT2D eigenvalue weighted by molar-refractivity contribution is 8.15. The van der Waals surface area contributed by atoms with E-state index in [-0.39, 0.29) is 40.6 Å². The third kappa shape index (κ3) is 5.28. The number of carbonyl (C=O) groups is 2. The van der Waals surface area contributed by atoms with Crippen LogP contribution in [0.3, 0.4) is 0 Å². The van der Waals surface area contributed by atoms with Gasteiger partial charge in [0.25, 0.3) is 5.69 Å². The average Bonchev–Trinajstić information content (AvgIpc) is 3.04. The van der Waals surface area contributed by atoms with E-state index in [1.165, 1.54) is 35.2 Å². The quantitative estimate of drug-likeness (QED) is 0.477. The van der Waals surface area contributed by atoms with E-state index in [1.54, 1.807) is 6.92 Å². The van der Waals surface area contributed by atoms with E-state index in [0.29, 0.717) is 12.5 Å². The number of amidine groups is 1. The van der Waals surface area contributed by atoms with Crippen LogP contribution in [0.2, 0.25) is 0 Å². The number of aliphatic imine (C=N–C) groups is 1. The number of thioether (sulfide) groups is 1. The van der Waals surface area contributed by atoms with E-state index < -0.39 is 27.7 Å². The second-order valence-electron chi connectivity index (χ2n) is 7.12. The van der Waals surface area contributed by atoms with Gasteiger partial charge in [0.15, 0.2) is 11.0 Å². The predicted octanol–water partition coefficient (Wildman–Crippen LogP) is 4.63. The number of nitro groups is 1. The number of non-ortho nitro benzene ring substituents is 1. The average molecular weight is 462 g/mol. The highest BCUT2D eigenvalue weighted by Gasteiger charge is 2.41. The third-order valence-corrected chi connectivity index (χ3v) is 5.99. The first-order valence-electron chi connectivity index (χ1n) is 9.77. The Hall–Kier alpha value is -3.34. The van der Waals surface area contributed by atoms with E-state index in [4.69, 9.17) is 0 Å². The molecule has 1 aliphatic heterocycles. The van der Waals surface area contributed by atoms with Gasteiger partial charge in [-0.3, -0.25) is 24.6 Å². The molecule has 0 saturated carbocycles. The monoisotopic (exact) mass is 462 g/mol. The largest absolute Gasteiger partial charge is 0.326 e. The van der Waals surface area contributed by atoms with E-state index in [2.05, 4.69) is 10.3 Å². The van der Waals surface area contributed by atoms with Gasteiger partial charge in [0.2, 0.25) is 11.8 Å². The molecular weight excluding hydrogens is 442 g/mol. The highest BCUT2D eigenvalue weighted by atomic mass is 32.2. The zero-order valence-electron chi connectivity index (χ0n) is 17.2. The molecule has 1 fully saturated rings. The van der Waals surface area contributed by atoms with Gasteiger partial charge in [-0.15, -0.1) is 0 Å². The fraction of sp³-hybridized carbons (Fsp3) is 0.286. The number of hydrogen-bond donors (Lipinski definition) is 1. The summed E-state index contributed by atoms with van der Waals surface area (Å²) in [5, 5.41) is 12.9. The molecule has 1 heterocycles. The molecule has 1 aliphatic rings. The molecule has 1 saturated heterocycles. The van der Waals surface area contributed by atoms with Gasteiger partial charge in [-0.2, -0.15) is 0 Å². The van der Waals surface area contributed by atoms with Gasteiger partial charge in [0.05, 0.1) is 4.92 Å². The summed E-state index contributed by atoms with van der Waals surface area (Å²) in [6.07, 6.45) is 0.397. The van der Waals surface area contributed by atoms with Crippen LogP contribution in [-0.2, 0) is 9.59 Å². The van der Waals surface area contributed by atoms with Crippen molar-refractivity contribution in [2.75, 3.05) is 5.32 Å². The van der Waals surface area contributed by atoms with Crippen LogP contribution in [0, 0.1) is 21.7 Å². The molecule has 2 aromatic rings. The molecule has 2 atom stereocenters. The van der Waals surface area contributed by atoms with Crippen molar-refractivity contribution in [1.29, 1.82) is 0 Å². The maximum absolute atomic E-state index is 14.1. The number of anilines is 1. The van der Waals surface area contributed by atoms with E-state index >= 15 is 0 Å². The zero-order chi connectivity index (χ0) is 23.4. The second kappa shape index (κ2) is 9.86. The standard InChI is InChI=1S/C21H20F2N4O4S/c1-3-12(2)26-20(29)18(32-21(26)25-17-8-7-13(22)9-16(17)23)11-19(28)24-14-5-4-6-15(10-14)27(30)31/h4-10,12,18H,3,11H2,1-2H3,(H,24,28)/t12-,18+/m0/s1. The smallest absolute Gasteiger partial charge is 0.271 e. The Morgan fingerprint density at radius 3 is 2.72 bits per heavy atom. The van der Waals surface area contributed by atoms with Crippen molar-refractivity contribution in [3.63, 3.8) is 0 Å². The number of hydrogen-bond acceptors (Lipinski definition) is 6. The van der Waals surface area contributed by atoms with Crippen LogP contribution in [0.15, 0.2) is 47.5 Å². The Balaban J connectivity index is 1.79. The molecule has 0 spiro atoms. The number of halogens is 2. The minimum absolute atomic E-state index is 0.114. The number of benzene rings is 2. The van der Waals surface area contributed by atoms with Crippen molar-refractivity contribution in [2.45, 2.75) is 38.0 Å². The lowest BCUT2D eigenvalue weighted by atomic mass is 10.2. The molecule has 1 N–H and O–H groups in total. The Bertz CT molecular complexity index is 1100. The highest BCUT2D eigenvalue weighted by Crippen LogP contribution is 2.34. The second-order valence-corrected chi connectivity index (χ2v) is 8.29. The minimum Gasteiger partial charge on any atom is -0.326 e. The SMILES string of the molecule is CC[C@H](C)N1C(=O)[C@@H](CC(=O)Nc2cccc([N+](=O)[O-])c2)SC1=Nc1ccc(F)cc1F. The maximum atomic E-state index is 14.1. The summed E-state index contributed by atoms with van der Waals surface area (Å²) >= 11 is 1.02. The molecule has 2 amide bonds. The number of nitro benzene ring substituents is 1. The Morgan fingerprint density at radius 2 is 2.06 bits per heavy atom. The van der Waals surface area contributed by atoms with Crippen LogP contribution < -0.4 is 5.32 Å². The molecule has 11 heteroatoms. The Morgan fingerprint density at radius 1 is 1.31 bits per heavy atom. The first-order valence-corrected chi connectivity index (χ1v) is 10.6. The van der Waals surface area contributed by atoms with Gasteiger partial charge in [0, 0.05) is 36.3 Å². The Kier molecular flexibility index (Phi) is 7.18. The lowest BCUT2D eigenvalue weighted by Crippen LogP contribution is -2.39. The lowest BCUT2D eigenvalue weighted by Gasteiger charge is -2.23. The van der Waals surface area contributed by atoms with Crippen molar-refractivity contribution in [3.8, 4) is 0 Å². The summed E-state index contributed by atoms with van der Waals surface area (Å²) in [5.41, 5.74) is -0.0507. The van der Waals surface area contributed by atoms with Crippen molar-refractivity contribution in [3.05, 3.63) is 64.2 Å². The third-order valence-electron chi connectivity index (χ3n) is 4.84. The number of rotatable bonds is 7. The molecule has 2 aromatic carbocycles. The van der Waals surface area contributed by atoms with Gasteiger partial charge in [0.1, 0.15) is 16.8 Å². The van der Waals surface area contributed by atoms with Gasteiger partial charge in [-0.25, -0.2) is 13.8 Å². The summed E-state index contributed by atoms with van der Waals surface area (Å²) in [6, 6.07) is 8.17. The van der Waals surface area contributed by atoms with Gasteiger partial charge < -0.3 is 5.32 Å². The fourth-order valence-corrected chi connectivity index (χ4v) is 4.27. The molecule has 8 nitrogen and oxygen atoms in total. The normalized spacial score (nSPS) is 18.1. The molecule has 168 valence electrons. The van der Waals surface area contributed by atoms with Crippen molar-refractivity contribution in [2.24, 2.45) is 4.99 Å². The first-order chi connectivity index (χ1) is 15.2. The number of carbonyl (C=O) groups excluding carboxylic acids is 2. The Labute approximate surface area is 186 Å². The minimum atomic E-state index is -0.860. The summed E-state index contributed by atoms with van der Waals surface area (Å²) in [4.78, 5) is 41.4. The topological polar surface area (TPSA) is 105 Å². The summed E-state index contributed by atoms with van der Waals surface area (Å²) < 4.78 is 27.3. The fourth-order valence-electron chi connectivity index (χ4n) is 3.03. The summed E-state index contributed by atoms with van der Waals surface area (Å²) in [6.45, 7) is 3.68. The van der Waals surface area contributed by atoms with Crippen LogP contribution in [-0.4, -0.2) is 38.1 Å². The van der Waals surface area contributed by atoms with Crippen molar-refractivity contribution < 1.29 is 23.3 Å². The maximum Gasteiger partial charge on any atom is 0.271 e. The van der Waals surface area contributed by atoms with Crippen molar-refractivity contribution in [1.82, 2.24) is 4.90 Å². The van der Waals surface area contributed by atoms with Crippen LogP contribution in [0.25, 0.3) is 0 Å². The molecule has 3 rings (SSSR count). The number of nitrogens with one attached hydrogen (secondary N) is 1. The van der Waals surface area contributed by atoms with Crippen LogP contribution in [0.5, 0.6) is 0 Å². The van der Waals surface area contributed by atoms with E-state index in [1.807, 2.05) is 6.92 Å². The molecule has 0 unspecified atom stereocenters. The number of amides is 2. The van der Waals surface area contributed by atoms with Crippen molar-refractivity contribution >= 4 is 45.8 Å². The zero-order valence-corrected chi connectivity index (χ0v) is 18.1. The van der Waals surface area contributed by atoms with Crippen LogP contribution in [0.4, 0.5) is 25.8 Å². The molecule has 0 bridgehead atoms. The van der Waals surface area contributed by atoms with E-state index in [0.717, 1.165) is 17.8 Å². The summed E-state index contributed by atoms with van der Waals surface area (Å²) in [7, 11) is 0. The molecular formula is C21H20F2N4O4S. The lowest BCUT2D eigenvalue weighted by molar-refractivity contribution is -0.384. The number of nitrogens with zero attached hydrogens (tertiary/aromatic N) is 3. The predicted molar refractivity (Wildman–Crippen MR) is 118 cm³/mol. The molecule has 0 aromatic heterocycles. The molecule has 0 aliphatic carbocycles. The molecule has 0 radical (unpaired) electrons. The van der Waals surface area contributed by atoms with E-state index in [9.17, 15) is 28.5 Å². The van der Waals surface area contributed by atoms with Gasteiger partial charge >= 0.3 is 0 Å². The molecule has 32 heavy (non-hydrogen) atoms. The van der Waals surface area contributed by atoms with Gasteiger partial charge in [-0.05, 0) is 31.5 Å². The van der Waals surface area contributed by atoms with Crippen LogP contribution in [0.1, 0.15) is 26.7 Å².